The number of aryl methyl sites for hydroxylation is 1. The van der Waals surface area contributed by atoms with Gasteiger partial charge in [-0.3, -0.25) is 0 Å². The molecule has 0 spiro atoms. The molecule has 0 atom stereocenters. The molecule has 0 saturated carbocycles. The fourth-order valence-electron chi connectivity index (χ4n) is 2.49. The van der Waals surface area contributed by atoms with Crippen LogP contribution in [0.5, 0.6) is 5.75 Å². The van der Waals surface area contributed by atoms with Crippen molar-refractivity contribution in [3.05, 3.63) is 34.9 Å². The molecule has 1 aromatic heterocycles. The third-order valence-corrected chi connectivity index (χ3v) is 3.57. The molecule has 1 heterocycles. The fourth-order valence-corrected chi connectivity index (χ4v) is 2.49. The Bertz CT molecular complexity index is 649. The standard InChI is InChI=1S/C16H22FN3O/c1-5-7-21-16-9-15(14(18)8-13(16)17)20-11(4)12(6-2)10(3)19-20/h8-9H,5-7,18H2,1-4H3. The minimum absolute atomic E-state index is 0.214. The summed E-state index contributed by atoms with van der Waals surface area (Å²) in [5.41, 5.74) is 10.2. The highest BCUT2D eigenvalue weighted by molar-refractivity contribution is 5.61. The van der Waals surface area contributed by atoms with Gasteiger partial charge in [0.05, 0.1) is 23.7 Å². The van der Waals surface area contributed by atoms with Gasteiger partial charge in [-0.25, -0.2) is 9.07 Å². The van der Waals surface area contributed by atoms with Crippen molar-refractivity contribution in [1.82, 2.24) is 9.78 Å². The summed E-state index contributed by atoms with van der Waals surface area (Å²) in [4.78, 5) is 0. The molecular weight excluding hydrogens is 269 g/mol. The predicted molar refractivity (Wildman–Crippen MR) is 82.6 cm³/mol. The minimum Gasteiger partial charge on any atom is -0.490 e. The smallest absolute Gasteiger partial charge is 0.167 e. The first-order valence-electron chi connectivity index (χ1n) is 7.26. The van der Waals surface area contributed by atoms with E-state index in [0.29, 0.717) is 18.0 Å². The van der Waals surface area contributed by atoms with Gasteiger partial charge in [-0.15, -0.1) is 0 Å². The largest absolute Gasteiger partial charge is 0.490 e. The molecular formula is C16H22FN3O. The van der Waals surface area contributed by atoms with Gasteiger partial charge in [-0.2, -0.15) is 5.10 Å². The summed E-state index contributed by atoms with van der Waals surface area (Å²) >= 11 is 0. The van der Waals surface area contributed by atoms with Crippen molar-refractivity contribution >= 4 is 5.69 Å². The van der Waals surface area contributed by atoms with Gasteiger partial charge in [0.1, 0.15) is 0 Å². The van der Waals surface area contributed by atoms with E-state index >= 15 is 0 Å². The highest BCUT2D eigenvalue weighted by Crippen LogP contribution is 2.29. The van der Waals surface area contributed by atoms with Crippen molar-refractivity contribution in [3.63, 3.8) is 0 Å². The van der Waals surface area contributed by atoms with Crippen molar-refractivity contribution in [3.8, 4) is 11.4 Å². The molecule has 0 aliphatic rings. The van der Waals surface area contributed by atoms with Gasteiger partial charge in [0.15, 0.2) is 11.6 Å². The molecule has 114 valence electrons. The van der Waals surface area contributed by atoms with E-state index in [9.17, 15) is 4.39 Å². The third kappa shape index (κ3) is 2.86. The highest BCUT2D eigenvalue weighted by atomic mass is 19.1. The molecule has 0 radical (unpaired) electrons. The van der Waals surface area contributed by atoms with Crippen molar-refractivity contribution in [2.75, 3.05) is 12.3 Å². The van der Waals surface area contributed by atoms with Gasteiger partial charge in [0.25, 0.3) is 0 Å². The Hall–Kier alpha value is -2.04. The number of nitrogens with zero attached hydrogens (tertiary/aromatic N) is 2. The molecule has 21 heavy (non-hydrogen) atoms. The Kier molecular flexibility index (Phi) is 4.50. The summed E-state index contributed by atoms with van der Waals surface area (Å²) in [7, 11) is 0. The maximum Gasteiger partial charge on any atom is 0.167 e. The molecule has 0 aliphatic carbocycles. The molecule has 0 unspecified atom stereocenters. The molecule has 1 aromatic carbocycles. The summed E-state index contributed by atoms with van der Waals surface area (Å²) in [5.74, 6) is -0.228. The zero-order valence-corrected chi connectivity index (χ0v) is 13.0. The summed E-state index contributed by atoms with van der Waals surface area (Å²) in [6, 6.07) is 2.92. The minimum atomic E-state index is -0.443. The monoisotopic (exact) mass is 291 g/mol. The van der Waals surface area contributed by atoms with E-state index in [2.05, 4.69) is 12.0 Å². The molecule has 4 nitrogen and oxygen atoms in total. The second-order valence-electron chi connectivity index (χ2n) is 5.10. The molecule has 0 bridgehead atoms. The zero-order valence-electron chi connectivity index (χ0n) is 13.0. The van der Waals surface area contributed by atoms with Gasteiger partial charge >= 0.3 is 0 Å². The number of halogens is 1. The summed E-state index contributed by atoms with van der Waals surface area (Å²) in [5, 5.41) is 4.52. The Morgan fingerprint density at radius 3 is 2.57 bits per heavy atom. The van der Waals surface area contributed by atoms with Gasteiger partial charge < -0.3 is 10.5 Å². The van der Waals surface area contributed by atoms with Crippen LogP contribution in [0.1, 0.15) is 37.2 Å². The molecule has 5 heteroatoms. The number of aromatic nitrogens is 2. The predicted octanol–water partition coefficient (Wildman–Crippen LogP) is 3.56. The number of hydrogen-bond acceptors (Lipinski definition) is 3. The summed E-state index contributed by atoms with van der Waals surface area (Å²) < 4.78 is 21.1. The molecule has 0 aliphatic heterocycles. The van der Waals surface area contributed by atoms with Gasteiger partial charge in [0.2, 0.25) is 0 Å². The lowest BCUT2D eigenvalue weighted by Gasteiger charge is -2.12. The second kappa shape index (κ2) is 6.16. The molecule has 0 fully saturated rings. The van der Waals surface area contributed by atoms with Crippen LogP contribution >= 0.6 is 0 Å². The molecule has 0 saturated heterocycles. The lowest BCUT2D eigenvalue weighted by molar-refractivity contribution is 0.301. The second-order valence-corrected chi connectivity index (χ2v) is 5.10. The molecule has 0 amide bonds. The van der Waals surface area contributed by atoms with Crippen molar-refractivity contribution < 1.29 is 9.13 Å². The van der Waals surface area contributed by atoms with Crippen LogP contribution in [0.15, 0.2) is 12.1 Å². The average molecular weight is 291 g/mol. The fraction of sp³-hybridized carbons (Fsp3) is 0.438. The summed E-state index contributed by atoms with van der Waals surface area (Å²) in [6.45, 7) is 8.50. The van der Waals surface area contributed by atoms with Gasteiger partial charge in [0, 0.05) is 17.8 Å². The van der Waals surface area contributed by atoms with E-state index < -0.39 is 5.82 Å². The molecule has 2 N–H and O–H groups in total. The third-order valence-electron chi connectivity index (χ3n) is 3.57. The Morgan fingerprint density at radius 2 is 2.00 bits per heavy atom. The Morgan fingerprint density at radius 1 is 1.29 bits per heavy atom. The van der Waals surface area contributed by atoms with E-state index in [4.69, 9.17) is 10.5 Å². The zero-order chi connectivity index (χ0) is 15.6. The topological polar surface area (TPSA) is 53.1 Å². The van der Waals surface area contributed by atoms with Crippen LogP contribution in [-0.4, -0.2) is 16.4 Å². The maximum absolute atomic E-state index is 13.9. The van der Waals surface area contributed by atoms with Crippen molar-refractivity contribution in [2.45, 2.75) is 40.5 Å². The number of benzene rings is 1. The molecule has 2 aromatic rings. The Labute approximate surface area is 124 Å². The number of nitrogens with two attached hydrogens (primary N) is 1. The number of rotatable bonds is 5. The van der Waals surface area contributed by atoms with Crippen LogP contribution in [0.25, 0.3) is 5.69 Å². The van der Waals surface area contributed by atoms with Crippen LogP contribution in [0.2, 0.25) is 0 Å². The SMILES string of the molecule is CCCOc1cc(-n2nc(C)c(CC)c2C)c(N)cc1F. The first-order valence-corrected chi connectivity index (χ1v) is 7.26. The van der Waals surface area contributed by atoms with Crippen LogP contribution in [0, 0.1) is 19.7 Å². The maximum atomic E-state index is 13.9. The lowest BCUT2D eigenvalue weighted by Crippen LogP contribution is -2.06. The number of ether oxygens (including phenoxy) is 1. The Balaban J connectivity index is 2.53. The van der Waals surface area contributed by atoms with E-state index in [1.54, 1.807) is 10.7 Å². The van der Waals surface area contributed by atoms with E-state index in [0.717, 1.165) is 24.2 Å². The van der Waals surface area contributed by atoms with Crippen molar-refractivity contribution in [2.24, 2.45) is 0 Å². The van der Waals surface area contributed by atoms with Gasteiger partial charge in [-0.05, 0) is 32.3 Å². The quantitative estimate of drug-likeness (QED) is 0.857. The number of anilines is 1. The van der Waals surface area contributed by atoms with Crippen LogP contribution in [0.4, 0.5) is 10.1 Å². The van der Waals surface area contributed by atoms with E-state index in [1.807, 2.05) is 20.8 Å². The van der Waals surface area contributed by atoms with Crippen molar-refractivity contribution in [1.29, 1.82) is 0 Å². The van der Waals surface area contributed by atoms with E-state index in [1.165, 1.54) is 11.6 Å². The van der Waals surface area contributed by atoms with Crippen LogP contribution in [0.3, 0.4) is 0 Å². The lowest BCUT2D eigenvalue weighted by atomic mass is 10.1. The molecule has 2 rings (SSSR count). The van der Waals surface area contributed by atoms with Gasteiger partial charge in [-0.1, -0.05) is 13.8 Å². The van der Waals surface area contributed by atoms with Crippen LogP contribution in [-0.2, 0) is 6.42 Å². The summed E-state index contributed by atoms with van der Waals surface area (Å²) in [6.07, 6.45) is 1.72. The van der Waals surface area contributed by atoms with Crippen LogP contribution < -0.4 is 10.5 Å². The first kappa shape index (κ1) is 15.4. The average Bonchev–Trinajstić information content (AvgIpc) is 2.72. The number of nitrogen functional groups attached to an aromatic ring is 1. The normalized spacial score (nSPS) is 10.9. The van der Waals surface area contributed by atoms with E-state index in [-0.39, 0.29) is 5.75 Å². The first-order chi connectivity index (χ1) is 9.99. The number of hydrogen-bond donors (Lipinski definition) is 1. The highest BCUT2D eigenvalue weighted by Gasteiger charge is 2.16.